The number of hydrogen-bond donors (Lipinski definition) is 5. The number of anilines is 1. The van der Waals surface area contributed by atoms with Gasteiger partial charge in [-0.2, -0.15) is 4.98 Å². The number of nitrogen functional groups attached to an aromatic ring is 1. The Labute approximate surface area is 518 Å². The number of nitrogens with one attached hydrogen (secondary N) is 4. The molecule has 4 fully saturated rings. The molecule has 0 radical (unpaired) electrons. The number of H-pyrrole nitrogens is 4. The molecule has 0 saturated carbocycles. The van der Waals surface area contributed by atoms with Gasteiger partial charge < -0.3 is 102 Å². The Kier molecular flexibility index (Phi) is 21.4. The second-order valence-electron chi connectivity index (χ2n) is 19.7. The van der Waals surface area contributed by atoms with Gasteiger partial charge in [-0.15, -0.1) is 0 Å². The van der Waals surface area contributed by atoms with Crippen LogP contribution in [-0.4, -0.2) is 131 Å². The van der Waals surface area contributed by atoms with Crippen molar-refractivity contribution >= 4 is 110 Å². The third-order valence-corrected chi connectivity index (χ3v) is 21.6. The smallest absolute Gasteiger partial charge is 0.330 e. The van der Waals surface area contributed by atoms with Crippen LogP contribution in [0.1, 0.15) is 67.3 Å². The monoisotopic (exact) mass is 1430 g/mol. The van der Waals surface area contributed by atoms with Crippen molar-refractivity contribution < 1.29 is 88.3 Å². The lowest BCUT2D eigenvalue weighted by Gasteiger charge is -2.37. The maximum Gasteiger partial charge on any atom is 0.330 e. The fraction of sp³-hybridized carbons (Fsp3) is 0.585. The van der Waals surface area contributed by atoms with Crippen LogP contribution in [0.4, 0.5) is 5.95 Å². The third-order valence-electron chi connectivity index (χ3n) is 13.6. The molecule has 0 amide bonds. The summed E-state index contributed by atoms with van der Waals surface area (Å²) in [6.07, 6.45) is -14.0. The van der Waals surface area contributed by atoms with Gasteiger partial charge in [-0.25, -0.2) is 19.4 Å². The summed E-state index contributed by atoms with van der Waals surface area (Å²) in [5.74, 6) is -0.315. The van der Waals surface area contributed by atoms with Crippen LogP contribution < -0.4 is 64.6 Å². The molecule has 37 nitrogen and oxygen atoms in total. The van der Waals surface area contributed by atoms with E-state index in [1.807, 2.05) is 0 Å². The molecule has 4 saturated heterocycles. The lowest BCUT2D eigenvalue weighted by Crippen LogP contribution is -2.34. The second-order valence-corrected chi connectivity index (χ2v) is 33.4. The summed E-state index contributed by atoms with van der Waals surface area (Å²) in [6, 6.07) is 0. The number of imidazole rings is 1. The Morgan fingerprint density at radius 1 is 0.557 bits per heavy atom. The van der Waals surface area contributed by atoms with E-state index in [4.69, 9.17) is 129 Å². The summed E-state index contributed by atoms with van der Waals surface area (Å²) in [7, 11) is 2.02. The van der Waals surface area contributed by atoms with Crippen LogP contribution >= 0.6 is 33.7 Å². The first-order chi connectivity index (χ1) is 41.1. The van der Waals surface area contributed by atoms with Crippen molar-refractivity contribution in [3.8, 4) is 0 Å². The van der Waals surface area contributed by atoms with E-state index < -0.39 is 173 Å². The molecule has 0 bridgehead atoms. The van der Waals surface area contributed by atoms with Crippen LogP contribution in [0.2, 0.25) is 0 Å². The van der Waals surface area contributed by atoms with Crippen molar-refractivity contribution in [1.82, 2.24) is 48.2 Å². The number of nitrogens with two attached hydrogens (primary N) is 1. The van der Waals surface area contributed by atoms with E-state index in [2.05, 4.69) is 29.9 Å². The summed E-state index contributed by atoms with van der Waals surface area (Å²) in [4.78, 5) is 160. The third kappa shape index (κ3) is 16.5. The van der Waals surface area contributed by atoms with Gasteiger partial charge in [0.15, 0.2) is 24.3 Å². The molecule has 5 aromatic heterocycles. The average Bonchev–Trinajstić information content (AvgIpc) is 2.22. The zero-order chi connectivity index (χ0) is 64.2. The van der Waals surface area contributed by atoms with Crippen molar-refractivity contribution in [3.63, 3.8) is 0 Å². The van der Waals surface area contributed by atoms with E-state index in [-0.39, 0.29) is 53.1 Å². The summed E-state index contributed by atoms with van der Waals surface area (Å²) in [5, 5.41) is 0. The van der Waals surface area contributed by atoms with Gasteiger partial charge in [0.05, 0.1) is 44.5 Å². The number of aromatic amines is 4. The number of ether oxygens (including phenoxy) is 4. The number of aryl methyl sites for hydroxylation is 3. The molecule has 0 spiro atoms. The van der Waals surface area contributed by atoms with Gasteiger partial charge in [0.2, 0.25) is 5.95 Å². The van der Waals surface area contributed by atoms with Gasteiger partial charge in [-0.05, 0) is 20.8 Å². The first-order valence-corrected chi connectivity index (χ1v) is 38.2. The highest BCUT2D eigenvalue weighted by molar-refractivity contribution is 8.32. The molecule has 4 aliphatic rings. The molecule has 88 heavy (non-hydrogen) atoms. The molecule has 5 unspecified atom stereocenters. The highest BCUT2D eigenvalue weighted by atomic mass is 32.7. The van der Waals surface area contributed by atoms with E-state index in [9.17, 15) is 57.7 Å². The molecule has 486 valence electrons. The van der Waals surface area contributed by atoms with Crippen LogP contribution in [0.15, 0.2) is 58.5 Å². The van der Waals surface area contributed by atoms with Gasteiger partial charge >= 0.3 is 17.1 Å². The van der Waals surface area contributed by atoms with E-state index in [1.54, 1.807) is 0 Å². The molecule has 47 heteroatoms. The molecule has 6 N–H and O–H groups in total. The lowest BCUT2D eigenvalue weighted by molar-refractivity contribution is -0.244. The fourth-order valence-corrected chi connectivity index (χ4v) is 15.5. The SMILES string of the molecule is COP([O-])(=S)OC[C@H]1O[C@@H](n2cc(C)c(=O)[nH]c2=O)C[C@H]1OP(=O)([S-])OC[C@H]1O[C@@H](n2cc(C)c(=O)[nH]c2=O)C[C@H]1OP([O-])(=S)OC[C@H]1O[C@@H](n2cnc3c(=O)[nH]c(N)nc32)C[C@H]1OP([O-])(=S)O[C@H]1O[C@@H](n2cc(C)c(=O)[nH]c2=O)C[C@H]1OP([O-])(=S)OC. The van der Waals surface area contributed by atoms with Gasteiger partial charge in [-0.3, -0.25) is 61.9 Å². The van der Waals surface area contributed by atoms with Crippen molar-refractivity contribution in [3.05, 3.63) is 114 Å². The number of aromatic nitrogens is 10. The van der Waals surface area contributed by atoms with Gasteiger partial charge in [-0.1, -0.05) is 47.2 Å². The molecule has 9 rings (SSSR count). The van der Waals surface area contributed by atoms with Crippen molar-refractivity contribution in [2.45, 2.75) is 120 Å². The van der Waals surface area contributed by atoms with Gasteiger partial charge in [0, 0.05) is 75.2 Å². The van der Waals surface area contributed by atoms with Crippen LogP contribution in [0.3, 0.4) is 0 Å². The number of rotatable bonds is 25. The minimum absolute atomic E-state index is 0.0588. The Bertz CT molecular complexity index is 4160. The average molecular weight is 1430 g/mol. The van der Waals surface area contributed by atoms with E-state index in [0.29, 0.717) is 0 Å². The fourth-order valence-electron chi connectivity index (χ4n) is 9.39. The zero-order valence-electron chi connectivity index (χ0n) is 45.8. The first-order valence-electron chi connectivity index (χ1n) is 25.4. The molecular weight excluding hydrogens is 1380 g/mol. The Balaban J connectivity index is 0.946. The molecule has 17 atom stereocenters. The predicted molar refractivity (Wildman–Crippen MR) is 309 cm³/mol. The summed E-state index contributed by atoms with van der Waals surface area (Å²) in [6.45, 7) is -21.1. The Morgan fingerprint density at radius 2 is 0.955 bits per heavy atom. The molecule has 9 heterocycles. The van der Waals surface area contributed by atoms with E-state index in [0.717, 1.165) is 46.6 Å². The molecule has 4 aliphatic heterocycles. The maximum absolute atomic E-state index is 14.4. The van der Waals surface area contributed by atoms with Crippen molar-refractivity contribution in [1.29, 1.82) is 0 Å². The minimum Gasteiger partial charge on any atom is -0.780 e. The lowest BCUT2D eigenvalue weighted by atomic mass is 10.2. The molecule has 0 aliphatic carbocycles. The molecule has 5 aromatic rings. The summed E-state index contributed by atoms with van der Waals surface area (Å²) >= 11 is 25.8. The number of fused-ring (bicyclic) bond motifs is 1. The Hall–Kier alpha value is -3.35. The minimum atomic E-state index is -4.96. The van der Waals surface area contributed by atoms with Crippen LogP contribution in [0, 0.1) is 20.8 Å². The maximum atomic E-state index is 14.4. The van der Waals surface area contributed by atoms with Crippen LogP contribution in [-0.2, 0) is 128 Å². The molecule has 0 aromatic carbocycles. The van der Waals surface area contributed by atoms with Crippen LogP contribution in [0.25, 0.3) is 11.2 Å². The standard InChI is InChI=1S/C41H56N11O26P5S5/c1-17-10-49(39(57)46-33(17)53)27-6-20(24(70-27)13-67-79(60,84)65-4)74-81(62,86)68-14-25-21(7-28(71-25)50-11-18(2)34(54)47-40(50)58)75-82(63,87)69-15-26-22(8-30(72-26)52-16-43-31-32(52)44-38(42)45-36(31)56)76-83(64,88)78-37-23(77-80(61,85)66-5)9-29(73-37)51-12-19(3)35(55)48-41(51)59/h10-12,16,20-30,37H,6-9,13-15H2,1-5H3,(H,60,84)(H,61,85)(H,62,86)(H,63,87)(H,64,88)(H,46,53,57)(H,47,54,58)(H,48,55,59)(H3,42,44,45,56)/p-5/t20-,21-,22-,23-,24-,25-,26-,27-,28-,29-,30-,37-,79?,80?,81?,82?,83?/m1/s1. The Morgan fingerprint density at radius 3 is 1.43 bits per heavy atom. The summed E-state index contributed by atoms with van der Waals surface area (Å²) < 4.78 is 97.4. The largest absolute Gasteiger partial charge is 0.780 e. The highest BCUT2D eigenvalue weighted by Crippen LogP contribution is 2.55. The van der Waals surface area contributed by atoms with Gasteiger partial charge in [0.1, 0.15) is 76.2 Å². The first kappa shape index (κ1) is 69.0. The summed E-state index contributed by atoms with van der Waals surface area (Å²) in [5.41, 5.74) is 0.193. The zero-order valence-corrected chi connectivity index (χ0v) is 54.4. The van der Waals surface area contributed by atoms with Crippen molar-refractivity contribution in [2.75, 3.05) is 39.8 Å². The number of hydrogen-bond acceptors (Lipinski definition) is 34. The van der Waals surface area contributed by atoms with E-state index in [1.165, 1.54) is 31.5 Å². The van der Waals surface area contributed by atoms with E-state index >= 15 is 0 Å². The normalized spacial score (nSPS) is 29.2. The predicted octanol–water partition coefficient (Wildman–Crippen LogP) is -2.72. The van der Waals surface area contributed by atoms with Crippen molar-refractivity contribution in [2.24, 2.45) is 0 Å². The second kappa shape index (κ2) is 27.3. The molecular formula is C41H51N11O26P5S5-5. The topological polar surface area (TPSA) is 493 Å². The number of nitrogens with zero attached hydrogens (tertiary/aromatic N) is 6. The van der Waals surface area contributed by atoms with Crippen LogP contribution in [0.5, 0.6) is 0 Å². The van der Waals surface area contributed by atoms with Gasteiger partial charge in [0.25, 0.3) is 22.2 Å². The highest BCUT2D eigenvalue weighted by Gasteiger charge is 2.46. The quantitative estimate of drug-likeness (QED) is 0.0293.